The number of hydrogen-bond acceptors (Lipinski definition) is 8. The average molecular weight is 387 g/mol. The van der Waals surface area contributed by atoms with Crippen LogP contribution >= 0.6 is 19.5 Å². The third-order valence-electron chi connectivity index (χ3n) is 4.16. The highest BCUT2D eigenvalue weighted by Gasteiger charge is 2.44. The van der Waals surface area contributed by atoms with Crippen LogP contribution < -0.4 is 11.3 Å². The van der Waals surface area contributed by atoms with E-state index in [1.807, 2.05) is 0 Å². The first-order valence-corrected chi connectivity index (χ1v) is 11.2. The summed E-state index contributed by atoms with van der Waals surface area (Å²) in [5.74, 6) is -0.0832. The predicted octanol–water partition coefficient (Wildman–Crippen LogP) is -0.291. The molecule has 0 aromatic carbocycles. The quantitative estimate of drug-likeness (QED) is 0.359. The maximum atomic E-state index is 12.0. The predicted molar refractivity (Wildman–Crippen MR) is 101 cm³/mol. The number of H-pyrrole nitrogens is 1. The maximum absolute atomic E-state index is 12.0. The Kier molecular flexibility index (Phi) is 4.76. The number of nitrogens with one attached hydrogen (secondary N) is 1. The van der Waals surface area contributed by atoms with E-state index >= 15 is 0 Å². The average Bonchev–Trinajstić information content (AvgIpc) is 2.95. The van der Waals surface area contributed by atoms with E-state index in [9.17, 15) is 15.0 Å². The smallest absolute Gasteiger partial charge is 0.280 e. The normalized spacial score (nSPS) is 27.2. The molecule has 0 spiro atoms. The first-order chi connectivity index (χ1) is 11.6. The molecule has 0 radical (unpaired) electrons. The van der Waals surface area contributed by atoms with Crippen LogP contribution in [0.1, 0.15) is 12.6 Å². The van der Waals surface area contributed by atoms with Gasteiger partial charge in [-0.2, -0.15) is 4.98 Å². The molecule has 1 aliphatic rings. The molecule has 0 saturated carbocycles. The Labute approximate surface area is 149 Å². The molecule has 1 saturated heterocycles. The van der Waals surface area contributed by atoms with Gasteiger partial charge in [-0.1, -0.05) is 0 Å². The molecular weight excluding hydrogens is 365 g/mol. The van der Waals surface area contributed by atoms with Crippen molar-refractivity contribution in [3.63, 3.8) is 0 Å². The van der Waals surface area contributed by atoms with Crippen molar-refractivity contribution >= 4 is 42.9 Å². The molecule has 25 heavy (non-hydrogen) atoms. The Bertz CT molecular complexity index is 906. The molecule has 5 N–H and O–H groups in total. The molecule has 0 amide bonds. The fourth-order valence-corrected chi connectivity index (χ4v) is 4.14. The summed E-state index contributed by atoms with van der Waals surface area (Å²) in [6, 6.07) is 0. The summed E-state index contributed by atoms with van der Waals surface area (Å²) in [5.41, 5.74) is 5.27. The monoisotopic (exact) mass is 387 g/mol. The summed E-state index contributed by atoms with van der Waals surface area (Å²) < 4.78 is 7.24. The van der Waals surface area contributed by atoms with Gasteiger partial charge in [0, 0.05) is 0 Å². The number of aromatic amines is 1. The van der Waals surface area contributed by atoms with E-state index in [0.29, 0.717) is 6.42 Å². The highest BCUT2D eigenvalue weighted by molar-refractivity contribution is 7.80. The van der Waals surface area contributed by atoms with Crippen LogP contribution in [-0.2, 0) is 4.74 Å². The Balaban J connectivity index is 1.97. The summed E-state index contributed by atoms with van der Waals surface area (Å²) >= 11 is 4.25. The topological polar surface area (TPSA) is 139 Å². The number of nitrogens with two attached hydrogens (primary N) is 1. The summed E-state index contributed by atoms with van der Waals surface area (Å²) in [6.45, 7) is 2.90. The minimum atomic E-state index is -1.29. The van der Waals surface area contributed by atoms with Crippen molar-refractivity contribution in [3.8, 4) is 0 Å². The van der Waals surface area contributed by atoms with E-state index in [1.165, 1.54) is 4.57 Å². The summed E-state index contributed by atoms with van der Waals surface area (Å²) in [7, 11) is 0. The van der Waals surface area contributed by atoms with E-state index in [2.05, 4.69) is 47.2 Å². The number of nitrogen functional groups attached to an aromatic ring is 1. The molecule has 138 valence electrons. The Morgan fingerprint density at radius 1 is 1.40 bits per heavy atom. The number of fused-ring (bicyclic) bond motifs is 1. The number of thiol groups is 1. The van der Waals surface area contributed by atoms with E-state index in [-0.39, 0.29) is 22.3 Å². The number of anilines is 1. The number of aliphatic hydroxyl groups is 2. The van der Waals surface area contributed by atoms with Gasteiger partial charge < -0.3 is 20.7 Å². The molecule has 2 aromatic heterocycles. The number of imidazole rings is 1. The highest BCUT2D eigenvalue weighted by atomic mass is 32.1. The van der Waals surface area contributed by atoms with Gasteiger partial charge in [-0.3, -0.25) is 14.3 Å². The largest absolute Gasteiger partial charge is 0.388 e. The summed E-state index contributed by atoms with van der Waals surface area (Å²) in [4.78, 5) is 22.4. The number of ether oxygens (including phenoxy) is 1. The molecule has 1 fully saturated rings. The summed E-state index contributed by atoms with van der Waals surface area (Å²) in [5, 5.41) is 20.9. The fourth-order valence-electron chi connectivity index (χ4n) is 2.88. The zero-order chi connectivity index (χ0) is 18.5. The first kappa shape index (κ1) is 18.5. The number of hydrogen-bond donors (Lipinski definition) is 5. The Morgan fingerprint density at radius 2 is 2.08 bits per heavy atom. The van der Waals surface area contributed by atoms with Crippen LogP contribution in [-0.4, -0.2) is 73.8 Å². The van der Waals surface area contributed by atoms with Gasteiger partial charge in [0.25, 0.3) is 5.56 Å². The zero-order valence-electron chi connectivity index (χ0n) is 14.0. The molecule has 0 aliphatic carbocycles. The Hall–Kier alpha value is -1.32. The van der Waals surface area contributed by atoms with Gasteiger partial charge in [0.1, 0.15) is 12.2 Å². The van der Waals surface area contributed by atoms with E-state index in [1.54, 1.807) is 0 Å². The molecule has 3 heterocycles. The molecule has 11 heteroatoms. The number of nitrogens with zero attached hydrogens (tertiary/aromatic N) is 3. The van der Waals surface area contributed by atoms with E-state index in [0.717, 1.165) is 6.16 Å². The second-order valence-corrected chi connectivity index (χ2v) is 11.6. The molecule has 4 atom stereocenters. The SMILES string of the molecule is C=P(C)(C)CC[C@H]1O[C@@H](n2c(S)nc3c(=O)[nH]c(N)nc32)[C@H](O)[C@@H]1O. The van der Waals surface area contributed by atoms with Gasteiger partial charge in [0.2, 0.25) is 5.95 Å². The van der Waals surface area contributed by atoms with E-state index < -0.39 is 37.0 Å². The standard InChI is InChI=1S/C14H22N5O4PS/c1-24(2,3)5-4-6-8(20)9(21)12(23-6)19-10-7(16-14(19)25)11(22)18-13(15)17-10/h6,8-9,12,20-21H,1,4-5H2,2-3H3,(H,16,25)(H3,15,17,18,22)/t6-,8-,9-,12-/m1/s1. The molecule has 0 bridgehead atoms. The minimum absolute atomic E-state index is 0.0396. The van der Waals surface area contributed by atoms with Crippen LogP contribution in [0.15, 0.2) is 9.95 Å². The summed E-state index contributed by atoms with van der Waals surface area (Å²) in [6.07, 6.45) is 1.74. The van der Waals surface area contributed by atoms with Crippen LogP contribution in [0.2, 0.25) is 0 Å². The van der Waals surface area contributed by atoms with Gasteiger partial charge in [0.05, 0.1) is 6.10 Å². The molecule has 1 aliphatic heterocycles. The van der Waals surface area contributed by atoms with Crippen LogP contribution in [0.25, 0.3) is 11.2 Å². The Morgan fingerprint density at radius 3 is 2.72 bits per heavy atom. The van der Waals surface area contributed by atoms with Gasteiger partial charge in [-0.25, -0.2) is 4.98 Å². The van der Waals surface area contributed by atoms with Crippen molar-refractivity contribution in [1.29, 1.82) is 0 Å². The van der Waals surface area contributed by atoms with Crippen LogP contribution in [0.3, 0.4) is 0 Å². The number of aromatic nitrogens is 4. The second-order valence-electron chi connectivity index (χ2n) is 6.90. The lowest BCUT2D eigenvalue weighted by atomic mass is 10.1. The third kappa shape index (κ3) is 3.50. The lowest BCUT2D eigenvalue weighted by Gasteiger charge is -2.19. The van der Waals surface area contributed by atoms with Crippen LogP contribution in [0.4, 0.5) is 5.95 Å². The molecule has 2 aromatic rings. The number of rotatable bonds is 4. The molecule has 0 unspecified atom stereocenters. The minimum Gasteiger partial charge on any atom is -0.388 e. The third-order valence-corrected chi connectivity index (χ3v) is 5.95. The van der Waals surface area contributed by atoms with Crippen molar-refractivity contribution in [2.75, 3.05) is 25.2 Å². The van der Waals surface area contributed by atoms with Gasteiger partial charge >= 0.3 is 0 Å². The van der Waals surface area contributed by atoms with Crippen LogP contribution in [0, 0.1) is 0 Å². The first-order valence-electron chi connectivity index (χ1n) is 7.74. The molecular formula is C14H22N5O4PS. The van der Waals surface area contributed by atoms with Crippen molar-refractivity contribution in [1.82, 2.24) is 19.5 Å². The van der Waals surface area contributed by atoms with Crippen molar-refractivity contribution in [2.24, 2.45) is 0 Å². The lowest BCUT2D eigenvalue weighted by molar-refractivity contribution is -0.0399. The highest BCUT2D eigenvalue weighted by Crippen LogP contribution is 2.40. The molecule has 9 nitrogen and oxygen atoms in total. The van der Waals surface area contributed by atoms with Gasteiger partial charge in [-0.15, -0.1) is 25.8 Å². The van der Waals surface area contributed by atoms with Crippen LogP contribution in [0.5, 0.6) is 0 Å². The second kappa shape index (κ2) is 6.44. The van der Waals surface area contributed by atoms with Crippen molar-refractivity contribution in [2.45, 2.75) is 36.1 Å². The molecule has 3 rings (SSSR count). The fraction of sp³-hybridized carbons (Fsp3) is 0.571. The van der Waals surface area contributed by atoms with E-state index in [4.69, 9.17) is 10.5 Å². The zero-order valence-corrected chi connectivity index (χ0v) is 15.7. The van der Waals surface area contributed by atoms with Crippen molar-refractivity contribution in [3.05, 3.63) is 10.4 Å². The number of aliphatic hydroxyl groups excluding tert-OH is 2. The lowest BCUT2D eigenvalue weighted by Crippen LogP contribution is -2.32. The van der Waals surface area contributed by atoms with Gasteiger partial charge in [0.15, 0.2) is 22.5 Å². The van der Waals surface area contributed by atoms with Gasteiger partial charge in [-0.05, 0) is 25.9 Å². The maximum Gasteiger partial charge on any atom is 0.280 e. The van der Waals surface area contributed by atoms with Crippen molar-refractivity contribution < 1.29 is 14.9 Å².